The van der Waals surface area contributed by atoms with Crippen LogP contribution in [-0.4, -0.2) is 36.4 Å². The van der Waals surface area contributed by atoms with Crippen LogP contribution in [0.5, 0.6) is 0 Å². The molecule has 1 atom stereocenters. The molecule has 5 heteroatoms. The fraction of sp³-hybridized carbons (Fsp3) is 0.968. The quantitative estimate of drug-likeness (QED) is 0.0486. The number of carbonyl (C=O) groups excluding carboxylic acids is 2. The van der Waals surface area contributed by atoms with Gasteiger partial charge in [-0.05, 0) is 12.8 Å². The van der Waals surface area contributed by atoms with Crippen molar-refractivity contribution in [2.24, 2.45) is 0 Å². The molecule has 0 aliphatic rings. The third-order valence-corrected chi connectivity index (χ3v) is 14.7. The molecule has 0 aromatic carbocycles. The van der Waals surface area contributed by atoms with Gasteiger partial charge in [0.05, 0.1) is 6.61 Å². The van der Waals surface area contributed by atoms with E-state index in [0.717, 1.165) is 32.1 Å². The van der Waals surface area contributed by atoms with Crippen LogP contribution in [0.25, 0.3) is 0 Å². The number of hydrogen-bond acceptors (Lipinski definition) is 5. The SMILES string of the molecule is CCCCCCCCCCCCCCCCCCCCCCCCCCCCCCCCCCCCCCCCC(=O)OC(CO)COC(=O)CCCCCCCCCCCCCCCCC. The Kier molecular flexibility index (Phi) is 58.2. The van der Waals surface area contributed by atoms with E-state index in [1.807, 2.05) is 0 Å². The summed E-state index contributed by atoms with van der Waals surface area (Å²) in [6, 6.07) is 0. The summed E-state index contributed by atoms with van der Waals surface area (Å²) in [6.45, 7) is 4.20. The number of ether oxygens (including phenoxy) is 2. The van der Waals surface area contributed by atoms with Crippen molar-refractivity contribution in [2.45, 2.75) is 373 Å². The summed E-state index contributed by atoms with van der Waals surface area (Å²) in [5.41, 5.74) is 0. The van der Waals surface area contributed by atoms with Gasteiger partial charge >= 0.3 is 11.9 Å². The molecule has 1 N–H and O–H groups in total. The van der Waals surface area contributed by atoms with E-state index in [-0.39, 0.29) is 25.2 Å². The predicted octanol–water partition coefficient (Wildman–Crippen LogP) is 20.9. The summed E-state index contributed by atoms with van der Waals surface area (Å²) in [6.07, 6.45) is 72.7. The minimum atomic E-state index is -0.764. The Morgan fingerprint density at radius 2 is 0.463 bits per heavy atom. The topological polar surface area (TPSA) is 72.8 Å². The molecule has 0 aromatic heterocycles. The maximum absolute atomic E-state index is 12.3. The van der Waals surface area contributed by atoms with Gasteiger partial charge in [-0.1, -0.05) is 341 Å². The standard InChI is InChI=1S/C62H122O5/c1-3-5-7-9-11-13-15-17-19-20-21-22-23-24-25-26-27-28-29-30-31-32-33-34-35-36-37-38-39-40-41-43-45-47-49-51-53-55-57-62(65)67-60(58-63)59-66-61(64)56-54-52-50-48-46-44-42-18-16-14-12-10-8-6-4-2/h60,63H,3-59H2,1-2H3. The third-order valence-electron chi connectivity index (χ3n) is 14.7. The molecule has 0 bridgehead atoms. The van der Waals surface area contributed by atoms with Crippen LogP contribution in [0.1, 0.15) is 367 Å². The molecule has 0 spiro atoms. The van der Waals surface area contributed by atoms with Crippen LogP contribution in [0, 0.1) is 0 Å². The molecule has 400 valence electrons. The van der Waals surface area contributed by atoms with Gasteiger partial charge in [0.1, 0.15) is 6.61 Å². The fourth-order valence-electron chi connectivity index (χ4n) is 9.97. The zero-order chi connectivity index (χ0) is 48.5. The summed E-state index contributed by atoms with van der Waals surface area (Å²) in [4.78, 5) is 24.5. The molecular weight excluding hydrogens is 825 g/mol. The molecule has 1 unspecified atom stereocenters. The number of aliphatic hydroxyl groups excluding tert-OH is 1. The zero-order valence-corrected chi connectivity index (χ0v) is 46.0. The third kappa shape index (κ3) is 57.4. The summed E-state index contributed by atoms with van der Waals surface area (Å²) in [5.74, 6) is -0.565. The lowest BCUT2D eigenvalue weighted by atomic mass is 10.0. The molecule has 0 aromatic rings. The first-order valence-corrected chi connectivity index (χ1v) is 31.1. The van der Waals surface area contributed by atoms with Gasteiger partial charge in [0, 0.05) is 12.8 Å². The Morgan fingerprint density at radius 3 is 0.657 bits per heavy atom. The average molecular weight is 948 g/mol. The molecule has 0 amide bonds. The van der Waals surface area contributed by atoms with Crippen LogP contribution in [0.3, 0.4) is 0 Å². The van der Waals surface area contributed by atoms with Crippen LogP contribution in [0.4, 0.5) is 0 Å². The number of rotatable bonds is 59. The van der Waals surface area contributed by atoms with E-state index in [0.29, 0.717) is 12.8 Å². The lowest BCUT2D eigenvalue weighted by Gasteiger charge is -2.15. The van der Waals surface area contributed by atoms with Crippen LogP contribution in [0.2, 0.25) is 0 Å². The molecule has 0 fully saturated rings. The number of aliphatic hydroxyl groups is 1. The molecule has 5 nitrogen and oxygen atoms in total. The maximum atomic E-state index is 12.3. The number of carbonyl (C=O) groups is 2. The van der Waals surface area contributed by atoms with Crippen molar-refractivity contribution < 1.29 is 24.2 Å². The Morgan fingerprint density at radius 1 is 0.284 bits per heavy atom. The van der Waals surface area contributed by atoms with Crippen molar-refractivity contribution in [1.29, 1.82) is 0 Å². The molecule has 0 aliphatic carbocycles. The second-order valence-electron chi connectivity index (χ2n) is 21.5. The first kappa shape index (κ1) is 65.9. The van der Waals surface area contributed by atoms with Crippen molar-refractivity contribution >= 4 is 11.9 Å². The molecule has 0 saturated heterocycles. The van der Waals surface area contributed by atoms with Crippen molar-refractivity contribution in [3.63, 3.8) is 0 Å². The molecular formula is C62H122O5. The van der Waals surface area contributed by atoms with E-state index in [1.54, 1.807) is 0 Å². The molecule has 0 heterocycles. The highest BCUT2D eigenvalue weighted by atomic mass is 16.6. The van der Waals surface area contributed by atoms with Gasteiger partial charge in [-0.2, -0.15) is 0 Å². The second kappa shape index (κ2) is 59.2. The largest absolute Gasteiger partial charge is 0.462 e. The highest BCUT2D eigenvalue weighted by molar-refractivity contribution is 5.70. The Balaban J connectivity index is 3.32. The van der Waals surface area contributed by atoms with Crippen molar-refractivity contribution in [3.8, 4) is 0 Å². The minimum Gasteiger partial charge on any atom is -0.462 e. The molecule has 0 radical (unpaired) electrons. The van der Waals surface area contributed by atoms with E-state index in [1.165, 1.54) is 308 Å². The minimum absolute atomic E-state index is 0.0560. The van der Waals surface area contributed by atoms with Gasteiger partial charge in [-0.15, -0.1) is 0 Å². The van der Waals surface area contributed by atoms with Gasteiger partial charge in [0.15, 0.2) is 6.10 Å². The van der Waals surface area contributed by atoms with Gasteiger partial charge in [-0.3, -0.25) is 9.59 Å². The van der Waals surface area contributed by atoms with E-state index in [9.17, 15) is 14.7 Å². The van der Waals surface area contributed by atoms with Gasteiger partial charge in [0.25, 0.3) is 0 Å². The van der Waals surface area contributed by atoms with E-state index >= 15 is 0 Å². The van der Waals surface area contributed by atoms with Crippen LogP contribution in [0.15, 0.2) is 0 Å². The summed E-state index contributed by atoms with van der Waals surface area (Å²) >= 11 is 0. The van der Waals surface area contributed by atoms with Crippen molar-refractivity contribution in [1.82, 2.24) is 0 Å². The molecule has 0 saturated carbocycles. The highest BCUT2D eigenvalue weighted by Gasteiger charge is 2.16. The zero-order valence-electron chi connectivity index (χ0n) is 46.0. The predicted molar refractivity (Wildman–Crippen MR) is 293 cm³/mol. The molecule has 0 rings (SSSR count). The Hall–Kier alpha value is -1.10. The van der Waals surface area contributed by atoms with Gasteiger partial charge < -0.3 is 14.6 Å². The second-order valence-corrected chi connectivity index (χ2v) is 21.5. The number of esters is 2. The van der Waals surface area contributed by atoms with Crippen molar-refractivity contribution in [3.05, 3.63) is 0 Å². The van der Waals surface area contributed by atoms with Gasteiger partial charge in [-0.25, -0.2) is 0 Å². The van der Waals surface area contributed by atoms with Crippen LogP contribution in [-0.2, 0) is 19.1 Å². The highest BCUT2D eigenvalue weighted by Crippen LogP contribution is 2.19. The lowest BCUT2D eigenvalue weighted by molar-refractivity contribution is -0.161. The van der Waals surface area contributed by atoms with Crippen LogP contribution < -0.4 is 0 Å². The van der Waals surface area contributed by atoms with E-state index < -0.39 is 6.10 Å². The Bertz CT molecular complexity index is 937. The monoisotopic (exact) mass is 947 g/mol. The molecule has 67 heavy (non-hydrogen) atoms. The van der Waals surface area contributed by atoms with Crippen LogP contribution >= 0.6 is 0 Å². The summed E-state index contributed by atoms with van der Waals surface area (Å²) < 4.78 is 10.7. The molecule has 0 aliphatic heterocycles. The lowest BCUT2D eigenvalue weighted by Crippen LogP contribution is -2.28. The van der Waals surface area contributed by atoms with Gasteiger partial charge in [0.2, 0.25) is 0 Å². The number of hydrogen-bond donors (Lipinski definition) is 1. The van der Waals surface area contributed by atoms with E-state index in [4.69, 9.17) is 9.47 Å². The van der Waals surface area contributed by atoms with E-state index in [2.05, 4.69) is 13.8 Å². The summed E-state index contributed by atoms with van der Waals surface area (Å²) in [7, 11) is 0. The first-order chi connectivity index (χ1) is 33.1. The first-order valence-electron chi connectivity index (χ1n) is 31.1. The summed E-state index contributed by atoms with van der Waals surface area (Å²) in [5, 5.41) is 9.64. The fourth-order valence-corrected chi connectivity index (χ4v) is 9.97. The number of unbranched alkanes of at least 4 members (excludes halogenated alkanes) is 51. The normalized spacial score (nSPS) is 12.0. The average Bonchev–Trinajstić information content (AvgIpc) is 3.33. The Labute approximate surface area is 420 Å². The maximum Gasteiger partial charge on any atom is 0.306 e. The van der Waals surface area contributed by atoms with Crippen molar-refractivity contribution in [2.75, 3.05) is 13.2 Å². The smallest absolute Gasteiger partial charge is 0.306 e.